The molecule has 1 aliphatic heterocycles. The normalized spacial score (nSPS) is 19.9. The number of nitrogens with zero attached hydrogens (tertiary/aromatic N) is 3. The van der Waals surface area contributed by atoms with E-state index in [1.54, 1.807) is 0 Å². The summed E-state index contributed by atoms with van der Waals surface area (Å²) < 4.78 is 2.47. The molecular formula is C18H30N4O. The fourth-order valence-corrected chi connectivity index (χ4v) is 3.64. The zero-order chi connectivity index (χ0) is 16.4. The molecule has 2 amide bonds. The highest BCUT2D eigenvalue weighted by Gasteiger charge is 2.30. The summed E-state index contributed by atoms with van der Waals surface area (Å²) >= 11 is 0. The molecule has 2 fully saturated rings. The lowest BCUT2D eigenvalue weighted by atomic mass is 9.84. The fraction of sp³-hybridized carbons (Fsp3) is 0.778. The van der Waals surface area contributed by atoms with Gasteiger partial charge in [-0.3, -0.25) is 0 Å². The van der Waals surface area contributed by atoms with Crippen LogP contribution in [0.25, 0.3) is 0 Å². The van der Waals surface area contributed by atoms with Gasteiger partial charge in [0.05, 0.1) is 0 Å². The molecule has 5 heteroatoms. The Morgan fingerprint density at radius 3 is 2.57 bits per heavy atom. The van der Waals surface area contributed by atoms with Crippen LogP contribution in [0.3, 0.4) is 0 Å². The summed E-state index contributed by atoms with van der Waals surface area (Å²) in [4.78, 5) is 18.8. The van der Waals surface area contributed by atoms with Crippen molar-refractivity contribution in [2.45, 2.75) is 64.8 Å². The quantitative estimate of drug-likeness (QED) is 0.924. The van der Waals surface area contributed by atoms with Crippen LogP contribution in [0.15, 0.2) is 6.20 Å². The van der Waals surface area contributed by atoms with Gasteiger partial charge in [0.1, 0.15) is 5.82 Å². The number of imidazole rings is 1. The summed E-state index contributed by atoms with van der Waals surface area (Å²) in [5.41, 5.74) is 1.27. The van der Waals surface area contributed by atoms with Crippen LogP contribution in [0, 0.1) is 12.8 Å². The molecular weight excluding hydrogens is 288 g/mol. The Labute approximate surface area is 139 Å². The molecule has 23 heavy (non-hydrogen) atoms. The van der Waals surface area contributed by atoms with Crippen LogP contribution in [-0.2, 0) is 0 Å². The number of carbonyl (C=O) groups is 1. The van der Waals surface area contributed by atoms with Crippen molar-refractivity contribution >= 4 is 6.03 Å². The Bertz CT molecular complexity index is 539. The first-order chi connectivity index (χ1) is 11.1. The van der Waals surface area contributed by atoms with Crippen LogP contribution >= 0.6 is 0 Å². The molecule has 0 radical (unpaired) electrons. The van der Waals surface area contributed by atoms with Crippen LogP contribution < -0.4 is 5.32 Å². The van der Waals surface area contributed by atoms with E-state index in [1.807, 2.05) is 11.1 Å². The first kappa shape index (κ1) is 16.3. The Balaban J connectivity index is 1.59. The van der Waals surface area contributed by atoms with Gasteiger partial charge >= 0.3 is 6.03 Å². The Kier molecular flexibility index (Phi) is 4.93. The first-order valence-electron chi connectivity index (χ1n) is 9.12. The van der Waals surface area contributed by atoms with Crippen molar-refractivity contribution < 1.29 is 4.79 Å². The number of urea groups is 1. The minimum Gasteiger partial charge on any atom is -0.338 e. The summed E-state index contributed by atoms with van der Waals surface area (Å²) in [5.74, 6) is 2.45. The van der Waals surface area contributed by atoms with Gasteiger partial charge in [0, 0.05) is 43.5 Å². The number of carbonyl (C=O) groups excluding carboxylic acids is 1. The number of likely N-dealkylation sites (tertiary alicyclic amines) is 1. The number of piperidine rings is 1. The second-order valence-electron chi connectivity index (χ2n) is 7.55. The zero-order valence-corrected chi connectivity index (χ0v) is 14.7. The second kappa shape index (κ2) is 6.93. The van der Waals surface area contributed by atoms with E-state index in [0.717, 1.165) is 32.5 Å². The number of hydrogen-bond acceptors (Lipinski definition) is 2. The number of hydrogen-bond donors (Lipinski definition) is 1. The van der Waals surface area contributed by atoms with Crippen molar-refractivity contribution in [3.63, 3.8) is 0 Å². The highest BCUT2D eigenvalue weighted by atomic mass is 16.2. The summed E-state index contributed by atoms with van der Waals surface area (Å²) in [6.45, 7) is 8.85. The molecule has 128 valence electrons. The molecule has 0 unspecified atom stereocenters. The number of aryl methyl sites for hydroxylation is 1. The number of amides is 2. The smallest absolute Gasteiger partial charge is 0.317 e. The minimum atomic E-state index is 0.0960. The fourth-order valence-electron chi connectivity index (χ4n) is 3.64. The molecule has 3 rings (SSSR count). The van der Waals surface area contributed by atoms with Crippen molar-refractivity contribution in [3.05, 3.63) is 17.7 Å². The van der Waals surface area contributed by atoms with E-state index in [0.29, 0.717) is 17.9 Å². The van der Waals surface area contributed by atoms with E-state index in [2.05, 4.69) is 35.6 Å². The lowest BCUT2D eigenvalue weighted by Crippen LogP contribution is -2.45. The van der Waals surface area contributed by atoms with Gasteiger partial charge in [-0.1, -0.05) is 20.3 Å². The lowest BCUT2D eigenvalue weighted by Gasteiger charge is -2.36. The topological polar surface area (TPSA) is 50.2 Å². The summed E-state index contributed by atoms with van der Waals surface area (Å²) in [6, 6.07) is 0.598. The average molecular weight is 318 g/mol. The average Bonchev–Trinajstić information content (AvgIpc) is 2.84. The maximum Gasteiger partial charge on any atom is 0.317 e. The monoisotopic (exact) mass is 318 g/mol. The largest absolute Gasteiger partial charge is 0.338 e. The third-order valence-electron chi connectivity index (χ3n) is 5.26. The number of rotatable bonds is 4. The summed E-state index contributed by atoms with van der Waals surface area (Å²) in [7, 11) is 0. The Hall–Kier alpha value is -1.52. The van der Waals surface area contributed by atoms with E-state index in [1.165, 1.54) is 30.8 Å². The van der Waals surface area contributed by atoms with Gasteiger partial charge in [0.25, 0.3) is 0 Å². The molecule has 1 aliphatic carbocycles. The van der Waals surface area contributed by atoms with Crippen LogP contribution in [0.1, 0.15) is 69.4 Å². The SMILES string of the molecule is Cc1cnc(C2CCC2)n1C1CCN(C(=O)NCC(C)C)CC1. The van der Waals surface area contributed by atoms with E-state index >= 15 is 0 Å². The first-order valence-corrected chi connectivity index (χ1v) is 9.12. The highest BCUT2D eigenvalue weighted by molar-refractivity contribution is 5.74. The van der Waals surface area contributed by atoms with Gasteiger partial charge in [0.2, 0.25) is 0 Å². The predicted molar refractivity (Wildman–Crippen MR) is 91.6 cm³/mol. The van der Waals surface area contributed by atoms with Gasteiger partial charge in [-0.05, 0) is 38.5 Å². The third-order valence-corrected chi connectivity index (χ3v) is 5.26. The van der Waals surface area contributed by atoms with Crippen molar-refractivity contribution in [1.82, 2.24) is 19.8 Å². The van der Waals surface area contributed by atoms with Crippen LogP contribution in [-0.4, -0.2) is 40.1 Å². The highest BCUT2D eigenvalue weighted by Crippen LogP contribution is 2.38. The van der Waals surface area contributed by atoms with Crippen molar-refractivity contribution in [1.29, 1.82) is 0 Å². The number of nitrogens with one attached hydrogen (secondary N) is 1. The molecule has 0 spiro atoms. The standard InChI is InChI=1S/C18H30N4O/c1-13(2)11-20-18(23)21-9-7-16(8-10-21)22-14(3)12-19-17(22)15-5-4-6-15/h12-13,15-16H,4-11H2,1-3H3,(H,20,23). The van der Waals surface area contributed by atoms with Crippen molar-refractivity contribution in [2.24, 2.45) is 5.92 Å². The molecule has 1 N–H and O–H groups in total. The minimum absolute atomic E-state index is 0.0960. The van der Waals surface area contributed by atoms with Crippen LogP contribution in [0.4, 0.5) is 4.79 Å². The van der Waals surface area contributed by atoms with Gasteiger partial charge in [-0.25, -0.2) is 9.78 Å². The molecule has 1 aromatic rings. The molecule has 2 aliphatic rings. The van der Waals surface area contributed by atoms with Gasteiger partial charge in [-0.2, -0.15) is 0 Å². The Morgan fingerprint density at radius 2 is 2.00 bits per heavy atom. The van der Waals surface area contributed by atoms with Gasteiger partial charge in [-0.15, -0.1) is 0 Å². The van der Waals surface area contributed by atoms with E-state index in [4.69, 9.17) is 0 Å². The molecule has 0 aromatic carbocycles. The summed E-state index contributed by atoms with van der Waals surface area (Å²) in [6.07, 6.45) is 8.00. The van der Waals surface area contributed by atoms with Crippen LogP contribution in [0.5, 0.6) is 0 Å². The molecule has 1 aromatic heterocycles. The third kappa shape index (κ3) is 3.54. The van der Waals surface area contributed by atoms with E-state index in [9.17, 15) is 4.79 Å². The van der Waals surface area contributed by atoms with E-state index < -0.39 is 0 Å². The zero-order valence-electron chi connectivity index (χ0n) is 14.7. The molecule has 0 atom stereocenters. The molecule has 5 nitrogen and oxygen atoms in total. The maximum atomic E-state index is 12.2. The van der Waals surface area contributed by atoms with Crippen molar-refractivity contribution in [3.8, 4) is 0 Å². The van der Waals surface area contributed by atoms with Gasteiger partial charge < -0.3 is 14.8 Å². The van der Waals surface area contributed by atoms with Gasteiger partial charge in [0.15, 0.2) is 0 Å². The molecule has 1 saturated carbocycles. The predicted octanol–water partition coefficient (Wildman–Crippen LogP) is 3.46. The van der Waals surface area contributed by atoms with E-state index in [-0.39, 0.29) is 6.03 Å². The lowest BCUT2D eigenvalue weighted by molar-refractivity contribution is 0.168. The second-order valence-corrected chi connectivity index (χ2v) is 7.55. The van der Waals surface area contributed by atoms with Crippen LogP contribution in [0.2, 0.25) is 0 Å². The van der Waals surface area contributed by atoms with Crippen molar-refractivity contribution in [2.75, 3.05) is 19.6 Å². The molecule has 2 heterocycles. The Morgan fingerprint density at radius 1 is 1.30 bits per heavy atom. The molecule has 0 bridgehead atoms. The number of aromatic nitrogens is 2. The summed E-state index contributed by atoms with van der Waals surface area (Å²) in [5, 5.41) is 3.03. The molecule has 1 saturated heterocycles. The maximum absolute atomic E-state index is 12.2.